The van der Waals surface area contributed by atoms with Crippen LogP contribution in [0, 0.1) is 11.8 Å². The van der Waals surface area contributed by atoms with Crippen LogP contribution in [0.15, 0.2) is 60.7 Å². The van der Waals surface area contributed by atoms with Gasteiger partial charge in [0.1, 0.15) is 12.1 Å². The van der Waals surface area contributed by atoms with Crippen molar-refractivity contribution >= 4 is 34.3 Å². The lowest BCUT2D eigenvalue weighted by Gasteiger charge is -2.12. The number of hydrogen-bond donors (Lipinski definition) is 2. The lowest BCUT2D eigenvalue weighted by atomic mass is 9.98. The van der Waals surface area contributed by atoms with E-state index < -0.39 is 0 Å². The van der Waals surface area contributed by atoms with E-state index in [4.69, 9.17) is 9.47 Å². The zero-order valence-electron chi connectivity index (χ0n) is 24.8. The molecule has 4 fully saturated rings. The Kier molecular flexibility index (Phi) is 8.04. The van der Waals surface area contributed by atoms with Crippen LogP contribution in [0.3, 0.4) is 0 Å². The van der Waals surface area contributed by atoms with Gasteiger partial charge in [0.05, 0.1) is 0 Å². The summed E-state index contributed by atoms with van der Waals surface area (Å²) in [4.78, 5) is 50.5. The summed E-state index contributed by atoms with van der Waals surface area (Å²) < 4.78 is 10.7. The molecule has 0 aromatic heterocycles. The summed E-state index contributed by atoms with van der Waals surface area (Å²) in [7, 11) is 0. The molecular formula is C36H38N2O6. The maximum atomic E-state index is 12.8. The largest absolute Gasteiger partial charge is 0.456 e. The molecule has 44 heavy (non-hydrogen) atoms. The molecule has 228 valence electrons. The predicted octanol–water partition coefficient (Wildman–Crippen LogP) is 5.02. The van der Waals surface area contributed by atoms with Gasteiger partial charge in [-0.2, -0.15) is 0 Å². The van der Waals surface area contributed by atoms with Gasteiger partial charge in [0, 0.05) is 23.2 Å². The highest BCUT2D eigenvalue weighted by atomic mass is 16.5. The zero-order chi connectivity index (χ0) is 30.2. The monoisotopic (exact) mass is 594 g/mol. The van der Waals surface area contributed by atoms with Crippen LogP contribution in [0.25, 0.3) is 21.9 Å². The molecule has 2 aliphatic carbocycles. The number of ether oxygens (including phenoxy) is 2. The summed E-state index contributed by atoms with van der Waals surface area (Å²) in [5, 5.41) is 8.61. The molecule has 0 spiro atoms. The quantitative estimate of drug-likeness (QED) is 0.263. The molecule has 2 heterocycles. The number of carbonyl (C=O) groups is 4. The number of ketones is 2. The molecule has 0 amide bonds. The van der Waals surface area contributed by atoms with Gasteiger partial charge in [-0.05, 0) is 84.4 Å². The molecule has 0 bridgehead atoms. The lowest BCUT2D eigenvalue weighted by Crippen LogP contribution is -2.37. The molecule has 3 aromatic carbocycles. The number of fused-ring (bicyclic) bond motifs is 3. The van der Waals surface area contributed by atoms with Crippen molar-refractivity contribution in [1.82, 2.24) is 10.6 Å². The SMILES string of the molecule is O=C(COC(=O)[C@@H]1C[C@@H]2CCC[C@@H]2N1)c1ccc(-c2ccc3cc(C(=O)COC(=O)[C@@H]4C[C@@H]5CCC[C@@H]5N4)ccc3c2)cc1. The van der Waals surface area contributed by atoms with E-state index >= 15 is 0 Å². The van der Waals surface area contributed by atoms with Crippen molar-refractivity contribution in [3.8, 4) is 11.1 Å². The first-order valence-electron chi connectivity index (χ1n) is 16.0. The fourth-order valence-corrected chi connectivity index (χ4v) is 7.75. The van der Waals surface area contributed by atoms with Gasteiger partial charge in [0.25, 0.3) is 0 Å². The van der Waals surface area contributed by atoms with Gasteiger partial charge in [0.2, 0.25) is 0 Å². The van der Waals surface area contributed by atoms with Crippen molar-refractivity contribution in [2.24, 2.45) is 11.8 Å². The molecule has 2 N–H and O–H groups in total. The normalized spacial score (nSPS) is 27.2. The van der Waals surface area contributed by atoms with E-state index in [0.29, 0.717) is 35.0 Å². The van der Waals surface area contributed by atoms with Crippen LogP contribution >= 0.6 is 0 Å². The topological polar surface area (TPSA) is 111 Å². The highest BCUT2D eigenvalue weighted by Gasteiger charge is 2.41. The van der Waals surface area contributed by atoms with E-state index in [1.165, 1.54) is 12.8 Å². The number of rotatable bonds is 9. The fraction of sp³-hybridized carbons (Fsp3) is 0.444. The first kappa shape index (κ1) is 28.9. The molecule has 2 saturated heterocycles. The van der Waals surface area contributed by atoms with Gasteiger partial charge >= 0.3 is 11.9 Å². The van der Waals surface area contributed by atoms with E-state index in [2.05, 4.69) is 10.6 Å². The highest BCUT2D eigenvalue weighted by Crippen LogP contribution is 2.36. The Hall–Kier alpha value is -3.88. The first-order chi connectivity index (χ1) is 21.4. The number of Topliss-reactive ketones (excluding diaryl/α,β-unsaturated/α-hetero) is 2. The van der Waals surface area contributed by atoms with Gasteiger partial charge in [0.15, 0.2) is 24.8 Å². The summed E-state index contributed by atoms with van der Waals surface area (Å²) in [5.41, 5.74) is 2.92. The van der Waals surface area contributed by atoms with Crippen LogP contribution in [0.2, 0.25) is 0 Å². The van der Waals surface area contributed by atoms with Gasteiger partial charge in [-0.25, -0.2) is 0 Å². The molecule has 4 aliphatic rings. The summed E-state index contributed by atoms with van der Waals surface area (Å²) in [5.74, 6) is -0.0398. The smallest absolute Gasteiger partial charge is 0.323 e. The standard InChI is InChI=1S/C36H38N2O6/c39-33(19-43-35(41)31-17-26-3-1-5-29(26)37-31)22-9-7-21(8-10-22)23-11-12-25-16-28(14-13-24(25)15-23)34(40)20-44-36(42)32-18-27-4-2-6-30(27)38-32/h7-16,26-27,29-32,37-38H,1-6,17-20H2/t26-,27-,29-,30-,31-,32-/m0/s1. The van der Waals surface area contributed by atoms with Crippen molar-refractivity contribution in [1.29, 1.82) is 0 Å². The van der Waals surface area contributed by atoms with Crippen LogP contribution in [-0.2, 0) is 19.1 Å². The molecule has 6 atom stereocenters. The van der Waals surface area contributed by atoms with Crippen molar-refractivity contribution < 1.29 is 28.7 Å². The van der Waals surface area contributed by atoms with Crippen LogP contribution in [0.5, 0.6) is 0 Å². The van der Waals surface area contributed by atoms with E-state index in [9.17, 15) is 19.2 Å². The maximum Gasteiger partial charge on any atom is 0.323 e. The molecular weight excluding hydrogens is 556 g/mol. The molecule has 3 aromatic rings. The minimum atomic E-state index is -0.338. The Morgan fingerprint density at radius 2 is 1.09 bits per heavy atom. The average Bonchev–Trinajstić information content (AvgIpc) is 3.84. The average molecular weight is 595 g/mol. The molecule has 7 rings (SSSR count). The number of esters is 2. The van der Waals surface area contributed by atoms with E-state index in [-0.39, 0.29) is 48.8 Å². The van der Waals surface area contributed by atoms with Crippen LogP contribution in [0.4, 0.5) is 0 Å². The number of carbonyl (C=O) groups excluding carboxylic acids is 4. The second kappa shape index (κ2) is 12.3. The highest BCUT2D eigenvalue weighted by molar-refractivity contribution is 6.02. The van der Waals surface area contributed by atoms with Crippen molar-refractivity contribution in [2.75, 3.05) is 13.2 Å². The molecule has 2 aliphatic heterocycles. The second-order valence-electron chi connectivity index (χ2n) is 12.9. The Balaban J connectivity index is 0.924. The second-order valence-corrected chi connectivity index (χ2v) is 12.9. The third-order valence-corrected chi connectivity index (χ3v) is 10.2. The molecule has 0 unspecified atom stereocenters. The lowest BCUT2D eigenvalue weighted by molar-refractivity contribution is -0.145. The van der Waals surface area contributed by atoms with E-state index in [1.807, 2.05) is 42.5 Å². The first-order valence-corrected chi connectivity index (χ1v) is 16.0. The van der Waals surface area contributed by atoms with E-state index in [0.717, 1.165) is 60.4 Å². The van der Waals surface area contributed by atoms with Crippen molar-refractivity contribution in [2.45, 2.75) is 75.5 Å². The zero-order valence-corrected chi connectivity index (χ0v) is 24.8. The number of hydrogen-bond acceptors (Lipinski definition) is 8. The molecule has 2 saturated carbocycles. The Labute approximate surface area is 256 Å². The van der Waals surface area contributed by atoms with Crippen LogP contribution in [0.1, 0.15) is 72.1 Å². The van der Waals surface area contributed by atoms with Crippen molar-refractivity contribution in [3.05, 3.63) is 71.8 Å². The molecule has 8 heteroatoms. The molecule has 0 radical (unpaired) electrons. The van der Waals surface area contributed by atoms with Gasteiger partial charge in [-0.15, -0.1) is 0 Å². The Morgan fingerprint density at radius 3 is 1.68 bits per heavy atom. The number of nitrogens with one attached hydrogen (secondary N) is 2. The van der Waals surface area contributed by atoms with E-state index in [1.54, 1.807) is 18.2 Å². The van der Waals surface area contributed by atoms with Crippen molar-refractivity contribution in [3.63, 3.8) is 0 Å². The summed E-state index contributed by atoms with van der Waals surface area (Å²) in [6.07, 6.45) is 8.53. The summed E-state index contributed by atoms with van der Waals surface area (Å²) >= 11 is 0. The third kappa shape index (κ3) is 5.93. The summed E-state index contributed by atoms with van der Waals surface area (Å²) in [6.45, 7) is -0.529. The summed E-state index contributed by atoms with van der Waals surface area (Å²) in [6, 6.07) is 18.9. The van der Waals surface area contributed by atoms with Gasteiger partial charge in [-0.1, -0.05) is 61.4 Å². The molecule has 8 nitrogen and oxygen atoms in total. The Morgan fingerprint density at radius 1 is 0.591 bits per heavy atom. The number of benzene rings is 3. The third-order valence-electron chi connectivity index (χ3n) is 10.2. The maximum absolute atomic E-state index is 12.8. The predicted molar refractivity (Wildman–Crippen MR) is 165 cm³/mol. The fourth-order valence-electron chi connectivity index (χ4n) is 7.75. The van der Waals surface area contributed by atoms with Crippen LogP contribution in [-0.4, -0.2) is 60.9 Å². The Bertz CT molecular complexity index is 1580. The van der Waals surface area contributed by atoms with Gasteiger partial charge in [-0.3, -0.25) is 19.2 Å². The minimum Gasteiger partial charge on any atom is -0.456 e. The van der Waals surface area contributed by atoms with Gasteiger partial charge < -0.3 is 20.1 Å². The van der Waals surface area contributed by atoms with Crippen LogP contribution < -0.4 is 10.6 Å². The minimum absolute atomic E-state index is 0.226.